The van der Waals surface area contributed by atoms with Gasteiger partial charge in [0, 0.05) is 25.7 Å². The van der Waals surface area contributed by atoms with Gasteiger partial charge in [0.15, 0.2) is 6.10 Å². The summed E-state index contributed by atoms with van der Waals surface area (Å²) in [4.78, 5) is 35.5. The third-order valence-electron chi connectivity index (χ3n) is 10.1. The largest absolute Gasteiger partial charge is 0.472 e. The Balaban J connectivity index is 2.42. The zero-order chi connectivity index (χ0) is 44.5. The summed E-state index contributed by atoms with van der Waals surface area (Å²) in [6.45, 7) is 8.38. The Morgan fingerprint density at radius 2 is 1.25 bits per heavy atom. The Morgan fingerprint density at radius 3 is 1.85 bits per heavy atom. The number of aliphatic hydroxyl groups excluding tert-OH is 1. The summed E-state index contributed by atoms with van der Waals surface area (Å²) in [6, 6.07) is 0. The Labute approximate surface area is 363 Å². The van der Waals surface area contributed by atoms with E-state index in [-0.39, 0.29) is 32.2 Å². The SMILES string of the molecule is CCCCCc1oc(CCCCCCCCC(=O)O[C@H](COC(=O)CCC/C=C\C/C=C\C/C=C\C/C=C\CC(O)CCC)COP(=O)(O)OCC[N+](C)(C)C)c(C)c1C. The van der Waals surface area contributed by atoms with Crippen LogP contribution in [0.15, 0.2) is 53.0 Å². The number of likely N-dealkylation sites (N-methyl/N-ethyl adjacent to an activating group) is 1. The highest BCUT2D eigenvalue weighted by atomic mass is 31.2. The smallest absolute Gasteiger partial charge is 0.466 e. The van der Waals surface area contributed by atoms with Crippen LogP contribution in [0, 0.1) is 13.8 Å². The van der Waals surface area contributed by atoms with Gasteiger partial charge in [-0.3, -0.25) is 18.6 Å². The predicted octanol–water partition coefficient (Wildman–Crippen LogP) is 11.3. The van der Waals surface area contributed by atoms with Gasteiger partial charge in [-0.05, 0) is 89.2 Å². The first-order valence-electron chi connectivity index (χ1n) is 22.8. The van der Waals surface area contributed by atoms with Gasteiger partial charge >= 0.3 is 19.8 Å². The van der Waals surface area contributed by atoms with Gasteiger partial charge in [0.2, 0.25) is 0 Å². The van der Waals surface area contributed by atoms with E-state index in [0.717, 1.165) is 88.6 Å². The van der Waals surface area contributed by atoms with E-state index in [0.29, 0.717) is 36.7 Å². The molecular weight excluding hydrogens is 781 g/mol. The average Bonchev–Trinajstić information content (AvgIpc) is 3.45. The highest BCUT2D eigenvalue weighted by Crippen LogP contribution is 2.43. The predicted molar refractivity (Wildman–Crippen MR) is 243 cm³/mol. The number of allylic oxidation sites excluding steroid dienone is 7. The number of quaternary nitrogens is 1. The number of phosphoric acid groups is 1. The van der Waals surface area contributed by atoms with Crippen LogP contribution in [0.1, 0.15) is 158 Å². The minimum atomic E-state index is -4.42. The number of hydrogen-bond acceptors (Lipinski definition) is 9. The normalized spacial score (nSPS) is 14.5. The molecular formula is C48H83NO10P+. The van der Waals surface area contributed by atoms with Crippen LogP contribution in [0.3, 0.4) is 0 Å². The number of aryl methyl sites for hydroxylation is 2. The lowest BCUT2D eigenvalue weighted by atomic mass is 10.0. The molecule has 1 aromatic rings. The van der Waals surface area contributed by atoms with Crippen LogP contribution in [0.2, 0.25) is 0 Å². The number of furan rings is 1. The van der Waals surface area contributed by atoms with E-state index in [4.69, 9.17) is 22.9 Å². The fraction of sp³-hybridized carbons (Fsp3) is 0.708. The van der Waals surface area contributed by atoms with Crippen molar-refractivity contribution in [1.82, 2.24) is 0 Å². The van der Waals surface area contributed by atoms with E-state index < -0.39 is 32.5 Å². The van der Waals surface area contributed by atoms with Crippen molar-refractivity contribution in [2.75, 3.05) is 47.5 Å². The van der Waals surface area contributed by atoms with Gasteiger partial charge in [-0.1, -0.05) is 107 Å². The highest BCUT2D eigenvalue weighted by Gasteiger charge is 2.27. The third-order valence-corrected chi connectivity index (χ3v) is 11.1. The molecule has 3 atom stereocenters. The fourth-order valence-electron chi connectivity index (χ4n) is 6.26. The number of aliphatic hydroxyl groups is 1. The summed E-state index contributed by atoms with van der Waals surface area (Å²) in [5.74, 6) is 1.34. The summed E-state index contributed by atoms with van der Waals surface area (Å²) in [6.07, 6.45) is 33.5. The van der Waals surface area contributed by atoms with Crippen molar-refractivity contribution in [3.63, 3.8) is 0 Å². The first-order valence-corrected chi connectivity index (χ1v) is 24.3. The minimum Gasteiger partial charge on any atom is -0.466 e. The maximum Gasteiger partial charge on any atom is 0.472 e. The van der Waals surface area contributed by atoms with Gasteiger partial charge in [-0.2, -0.15) is 0 Å². The van der Waals surface area contributed by atoms with Crippen LogP contribution in [-0.4, -0.2) is 86.1 Å². The Bertz CT molecular complexity index is 1460. The molecule has 2 unspecified atom stereocenters. The molecule has 1 rings (SSSR count). The molecule has 12 heteroatoms. The van der Waals surface area contributed by atoms with Crippen LogP contribution < -0.4 is 0 Å². The molecule has 0 aliphatic heterocycles. The van der Waals surface area contributed by atoms with Crippen molar-refractivity contribution in [1.29, 1.82) is 0 Å². The molecule has 0 amide bonds. The summed E-state index contributed by atoms with van der Waals surface area (Å²) in [7, 11) is 1.39. The topological polar surface area (TPSA) is 142 Å². The molecule has 0 spiro atoms. The van der Waals surface area contributed by atoms with Gasteiger partial charge in [-0.15, -0.1) is 0 Å². The molecule has 2 N–H and O–H groups in total. The van der Waals surface area contributed by atoms with Crippen LogP contribution >= 0.6 is 7.82 Å². The van der Waals surface area contributed by atoms with Gasteiger partial charge in [-0.25, -0.2) is 4.57 Å². The summed E-state index contributed by atoms with van der Waals surface area (Å²) < 4.78 is 40.5. The Morgan fingerprint density at radius 1 is 0.700 bits per heavy atom. The first kappa shape index (κ1) is 55.2. The van der Waals surface area contributed by atoms with E-state index in [9.17, 15) is 24.2 Å². The second-order valence-corrected chi connectivity index (χ2v) is 18.3. The zero-order valence-corrected chi connectivity index (χ0v) is 39.4. The number of carbonyl (C=O) groups excluding carboxylic acids is 2. The number of carbonyl (C=O) groups is 2. The van der Waals surface area contributed by atoms with E-state index in [1.54, 1.807) is 0 Å². The van der Waals surface area contributed by atoms with E-state index in [1.165, 1.54) is 30.4 Å². The van der Waals surface area contributed by atoms with Crippen molar-refractivity contribution >= 4 is 19.8 Å². The Kier molecular flexibility index (Phi) is 31.1. The number of unbranched alkanes of at least 4 members (excludes halogenated alkanes) is 8. The number of rotatable bonds is 37. The summed E-state index contributed by atoms with van der Waals surface area (Å²) in [5, 5.41) is 9.74. The molecule has 0 aromatic carbocycles. The van der Waals surface area contributed by atoms with Crippen molar-refractivity contribution < 1.29 is 51.6 Å². The van der Waals surface area contributed by atoms with Gasteiger partial charge in [0.25, 0.3) is 0 Å². The Hall–Kier alpha value is -2.79. The molecule has 0 saturated carbocycles. The van der Waals surface area contributed by atoms with Crippen LogP contribution in [0.25, 0.3) is 0 Å². The van der Waals surface area contributed by atoms with E-state index in [1.807, 2.05) is 33.3 Å². The van der Waals surface area contributed by atoms with Gasteiger partial charge < -0.3 is 28.4 Å². The van der Waals surface area contributed by atoms with E-state index in [2.05, 4.69) is 64.2 Å². The number of nitrogens with zero attached hydrogens (tertiary/aromatic N) is 1. The average molecular weight is 865 g/mol. The summed E-state index contributed by atoms with van der Waals surface area (Å²) in [5.41, 5.74) is 2.59. The van der Waals surface area contributed by atoms with Crippen LogP contribution in [0.5, 0.6) is 0 Å². The molecule has 60 heavy (non-hydrogen) atoms. The van der Waals surface area contributed by atoms with Gasteiger partial charge in [0.1, 0.15) is 31.3 Å². The second kappa shape index (κ2) is 33.8. The molecule has 0 aliphatic rings. The standard InChI is InChI=1S/C48H82NO10P/c1-8-10-26-33-45-41(3)42(4)46(59-45)34-28-23-20-21-25-30-36-48(52)58-44(40-57-60(53,54)56-38-37-49(5,6)7)39-55-47(51)35-29-24-19-17-15-13-11-12-14-16-18-22-27-32-43(50)31-9-2/h11,13-14,16-17,19,22,27,43-44,50H,8-10,12,15,18,20-21,23-26,28-40H2,1-7H3/p+1/b13-11-,16-14-,19-17-,27-22-/t43?,44-/m1/s1. The first-order chi connectivity index (χ1) is 28.7. The molecule has 0 fully saturated rings. The number of phosphoric ester groups is 1. The molecule has 0 radical (unpaired) electrons. The molecule has 1 heterocycles. The lowest BCUT2D eigenvalue weighted by molar-refractivity contribution is -0.870. The lowest BCUT2D eigenvalue weighted by Gasteiger charge is -2.24. The van der Waals surface area contributed by atoms with Crippen molar-refractivity contribution in [2.24, 2.45) is 0 Å². The maximum atomic E-state index is 12.8. The molecule has 11 nitrogen and oxygen atoms in total. The second-order valence-electron chi connectivity index (χ2n) is 16.8. The molecule has 0 aliphatic carbocycles. The van der Waals surface area contributed by atoms with Crippen molar-refractivity contribution in [3.8, 4) is 0 Å². The van der Waals surface area contributed by atoms with Crippen LogP contribution in [0.4, 0.5) is 0 Å². The molecule has 0 saturated heterocycles. The van der Waals surface area contributed by atoms with Gasteiger partial charge in [0.05, 0.1) is 33.9 Å². The maximum absolute atomic E-state index is 12.8. The number of ether oxygens (including phenoxy) is 2. The minimum absolute atomic E-state index is 0.00589. The van der Waals surface area contributed by atoms with E-state index >= 15 is 0 Å². The molecule has 344 valence electrons. The van der Waals surface area contributed by atoms with Crippen LogP contribution in [-0.2, 0) is 45.5 Å². The molecule has 0 bridgehead atoms. The summed E-state index contributed by atoms with van der Waals surface area (Å²) >= 11 is 0. The molecule has 1 aromatic heterocycles. The quantitative estimate of drug-likeness (QED) is 0.0218. The van der Waals surface area contributed by atoms with Crippen molar-refractivity contribution in [3.05, 3.63) is 71.3 Å². The zero-order valence-electron chi connectivity index (χ0n) is 38.5. The number of esters is 2. The van der Waals surface area contributed by atoms with Crippen molar-refractivity contribution in [2.45, 2.75) is 175 Å². The highest BCUT2D eigenvalue weighted by molar-refractivity contribution is 7.47. The monoisotopic (exact) mass is 865 g/mol. The lowest BCUT2D eigenvalue weighted by Crippen LogP contribution is -2.37. The number of hydrogen-bond donors (Lipinski definition) is 2. The third kappa shape index (κ3) is 30.3. The fourth-order valence-corrected chi connectivity index (χ4v) is 7.00.